The highest BCUT2D eigenvalue weighted by atomic mass is 16.5. The SMILES string of the molecule is CCOC(=O)C(CCc1ccccc1)c1ccc(OC)cc1. The first-order chi connectivity index (χ1) is 10.7. The molecule has 0 saturated carbocycles. The fraction of sp³-hybridized carbons (Fsp3) is 0.316. The van der Waals surface area contributed by atoms with Crippen molar-refractivity contribution in [1.29, 1.82) is 0 Å². The lowest BCUT2D eigenvalue weighted by Gasteiger charge is -2.16. The summed E-state index contributed by atoms with van der Waals surface area (Å²) in [5, 5.41) is 0. The molecule has 0 N–H and O–H groups in total. The maximum Gasteiger partial charge on any atom is 0.313 e. The molecule has 22 heavy (non-hydrogen) atoms. The topological polar surface area (TPSA) is 35.5 Å². The fourth-order valence-electron chi connectivity index (χ4n) is 2.46. The lowest BCUT2D eigenvalue weighted by Crippen LogP contribution is -2.17. The minimum atomic E-state index is -0.244. The van der Waals surface area contributed by atoms with Gasteiger partial charge >= 0.3 is 5.97 Å². The van der Waals surface area contributed by atoms with Gasteiger partial charge < -0.3 is 9.47 Å². The molecule has 116 valence electrons. The van der Waals surface area contributed by atoms with Gasteiger partial charge in [-0.2, -0.15) is 0 Å². The molecule has 0 fully saturated rings. The summed E-state index contributed by atoms with van der Waals surface area (Å²) in [4.78, 5) is 12.3. The van der Waals surface area contributed by atoms with Gasteiger partial charge in [0.15, 0.2) is 0 Å². The highest BCUT2D eigenvalue weighted by molar-refractivity contribution is 5.78. The third kappa shape index (κ3) is 4.35. The minimum Gasteiger partial charge on any atom is -0.497 e. The maximum absolute atomic E-state index is 12.3. The zero-order valence-corrected chi connectivity index (χ0v) is 13.1. The van der Waals surface area contributed by atoms with Crippen LogP contribution in [0.5, 0.6) is 5.75 Å². The molecule has 0 aromatic heterocycles. The van der Waals surface area contributed by atoms with Crippen molar-refractivity contribution in [2.24, 2.45) is 0 Å². The first-order valence-corrected chi connectivity index (χ1v) is 7.59. The lowest BCUT2D eigenvalue weighted by atomic mass is 9.92. The number of carbonyl (C=O) groups is 1. The number of carbonyl (C=O) groups excluding carboxylic acids is 1. The van der Waals surface area contributed by atoms with E-state index in [-0.39, 0.29) is 11.9 Å². The van der Waals surface area contributed by atoms with Crippen molar-refractivity contribution < 1.29 is 14.3 Å². The number of rotatable bonds is 7. The summed E-state index contributed by atoms with van der Waals surface area (Å²) in [6, 6.07) is 17.8. The van der Waals surface area contributed by atoms with Gasteiger partial charge in [0.1, 0.15) is 5.75 Å². The molecule has 0 heterocycles. The summed E-state index contributed by atoms with van der Waals surface area (Å²) in [7, 11) is 1.63. The number of benzene rings is 2. The zero-order valence-electron chi connectivity index (χ0n) is 13.1. The largest absolute Gasteiger partial charge is 0.497 e. The van der Waals surface area contributed by atoms with Gasteiger partial charge in [0.05, 0.1) is 19.6 Å². The van der Waals surface area contributed by atoms with Crippen LogP contribution in [0.1, 0.15) is 30.4 Å². The molecule has 3 nitrogen and oxygen atoms in total. The van der Waals surface area contributed by atoms with Crippen LogP contribution < -0.4 is 4.74 Å². The Hall–Kier alpha value is -2.29. The van der Waals surface area contributed by atoms with Gasteiger partial charge in [0.2, 0.25) is 0 Å². The van der Waals surface area contributed by atoms with Gasteiger partial charge in [-0.1, -0.05) is 42.5 Å². The fourth-order valence-corrected chi connectivity index (χ4v) is 2.46. The van der Waals surface area contributed by atoms with E-state index in [1.807, 2.05) is 49.4 Å². The summed E-state index contributed by atoms with van der Waals surface area (Å²) in [6.45, 7) is 2.23. The van der Waals surface area contributed by atoms with Crippen LogP contribution in [0.15, 0.2) is 54.6 Å². The second kappa shape index (κ2) is 8.23. The second-order valence-electron chi connectivity index (χ2n) is 5.10. The molecule has 3 heteroatoms. The lowest BCUT2D eigenvalue weighted by molar-refractivity contribution is -0.145. The van der Waals surface area contributed by atoms with E-state index in [4.69, 9.17) is 9.47 Å². The summed E-state index contributed by atoms with van der Waals surface area (Å²) in [5.74, 6) is 0.379. The van der Waals surface area contributed by atoms with E-state index < -0.39 is 0 Å². The van der Waals surface area contributed by atoms with Crippen molar-refractivity contribution in [3.8, 4) is 5.75 Å². The molecule has 0 saturated heterocycles. The van der Waals surface area contributed by atoms with Crippen molar-refractivity contribution >= 4 is 5.97 Å². The van der Waals surface area contributed by atoms with E-state index >= 15 is 0 Å². The Balaban J connectivity index is 2.12. The summed E-state index contributed by atoms with van der Waals surface area (Å²) in [5.41, 5.74) is 2.19. The molecule has 0 aliphatic rings. The molecule has 1 atom stereocenters. The molecule has 2 aromatic rings. The van der Waals surface area contributed by atoms with Crippen LogP contribution in [0.2, 0.25) is 0 Å². The van der Waals surface area contributed by atoms with E-state index in [1.54, 1.807) is 7.11 Å². The molecule has 0 radical (unpaired) electrons. The quantitative estimate of drug-likeness (QED) is 0.725. The predicted octanol–water partition coefficient (Wildman–Crippen LogP) is 3.97. The predicted molar refractivity (Wildman–Crippen MR) is 87.1 cm³/mol. The van der Waals surface area contributed by atoms with Gasteiger partial charge in [0.25, 0.3) is 0 Å². The van der Waals surface area contributed by atoms with Gasteiger partial charge in [-0.05, 0) is 43.0 Å². The Labute approximate surface area is 131 Å². The second-order valence-corrected chi connectivity index (χ2v) is 5.10. The minimum absolute atomic E-state index is 0.163. The van der Waals surface area contributed by atoms with E-state index in [9.17, 15) is 4.79 Å². The average Bonchev–Trinajstić information content (AvgIpc) is 2.57. The number of ether oxygens (including phenoxy) is 2. The molecule has 2 rings (SSSR count). The molecule has 0 spiro atoms. The normalized spacial score (nSPS) is 11.7. The van der Waals surface area contributed by atoms with Crippen LogP contribution in [-0.2, 0) is 16.0 Å². The van der Waals surface area contributed by atoms with Crippen LogP contribution in [0.4, 0.5) is 0 Å². The third-order valence-corrected chi connectivity index (χ3v) is 3.65. The number of aryl methyl sites for hydroxylation is 1. The molecule has 0 bridgehead atoms. The van der Waals surface area contributed by atoms with Crippen molar-refractivity contribution in [3.63, 3.8) is 0 Å². The number of esters is 1. The van der Waals surface area contributed by atoms with E-state index in [0.717, 1.165) is 24.2 Å². The zero-order chi connectivity index (χ0) is 15.8. The first-order valence-electron chi connectivity index (χ1n) is 7.59. The van der Waals surface area contributed by atoms with Gasteiger partial charge in [-0.15, -0.1) is 0 Å². The third-order valence-electron chi connectivity index (χ3n) is 3.65. The standard InChI is InChI=1S/C19H22O3/c1-3-22-19(20)18(14-9-15-7-5-4-6-8-15)16-10-12-17(21-2)13-11-16/h4-8,10-13,18H,3,9,14H2,1-2H3. The van der Waals surface area contributed by atoms with Gasteiger partial charge in [-0.3, -0.25) is 4.79 Å². The molecule has 1 unspecified atom stereocenters. The molecule has 0 aliphatic heterocycles. The van der Waals surface area contributed by atoms with Crippen molar-refractivity contribution in [1.82, 2.24) is 0 Å². The first kappa shape index (κ1) is 16.1. The van der Waals surface area contributed by atoms with Crippen molar-refractivity contribution in [2.45, 2.75) is 25.7 Å². The molecule has 0 aliphatic carbocycles. The summed E-state index contributed by atoms with van der Waals surface area (Å²) < 4.78 is 10.4. The average molecular weight is 298 g/mol. The number of methoxy groups -OCH3 is 1. The highest BCUT2D eigenvalue weighted by Gasteiger charge is 2.21. The Morgan fingerprint density at radius 2 is 1.73 bits per heavy atom. The summed E-state index contributed by atoms with van der Waals surface area (Å²) in [6.07, 6.45) is 1.57. The highest BCUT2D eigenvalue weighted by Crippen LogP contribution is 2.25. The van der Waals surface area contributed by atoms with Crippen molar-refractivity contribution in [2.75, 3.05) is 13.7 Å². The van der Waals surface area contributed by atoms with Crippen molar-refractivity contribution in [3.05, 3.63) is 65.7 Å². The molecular formula is C19H22O3. The van der Waals surface area contributed by atoms with Crippen LogP contribution in [0.25, 0.3) is 0 Å². The summed E-state index contributed by atoms with van der Waals surface area (Å²) >= 11 is 0. The maximum atomic E-state index is 12.3. The van der Waals surface area contributed by atoms with Gasteiger partial charge in [-0.25, -0.2) is 0 Å². The van der Waals surface area contributed by atoms with Crippen LogP contribution in [-0.4, -0.2) is 19.7 Å². The van der Waals surface area contributed by atoms with Crippen LogP contribution in [0.3, 0.4) is 0 Å². The molecule has 0 amide bonds. The smallest absolute Gasteiger partial charge is 0.313 e. The molecular weight excluding hydrogens is 276 g/mol. The monoisotopic (exact) mass is 298 g/mol. The molecule has 2 aromatic carbocycles. The Bertz CT molecular complexity index is 575. The number of hydrogen-bond donors (Lipinski definition) is 0. The Kier molecular flexibility index (Phi) is 6.01. The van der Waals surface area contributed by atoms with E-state index in [0.29, 0.717) is 6.61 Å². The van der Waals surface area contributed by atoms with Crippen LogP contribution in [0, 0.1) is 0 Å². The Morgan fingerprint density at radius 1 is 1.05 bits per heavy atom. The van der Waals surface area contributed by atoms with Gasteiger partial charge in [0, 0.05) is 0 Å². The van der Waals surface area contributed by atoms with E-state index in [1.165, 1.54) is 5.56 Å². The van der Waals surface area contributed by atoms with E-state index in [2.05, 4.69) is 12.1 Å². The Morgan fingerprint density at radius 3 is 2.32 bits per heavy atom. The van der Waals surface area contributed by atoms with Crippen LogP contribution >= 0.6 is 0 Å². The number of hydrogen-bond acceptors (Lipinski definition) is 3.